The molecule has 0 saturated carbocycles. The van der Waals surface area contributed by atoms with Gasteiger partial charge in [0.25, 0.3) is 0 Å². The molecule has 0 atom stereocenters. The molecular weight excluding hydrogens is 264 g/mol. The molecular formula is C16H16N4O. The van der Waals surface area contributed by atoms with Crippen molar-refractivity contribution in [2.45, 2.75) is 0 Å². The average molecular weight is 280 g/mol. The quantitative estimate of drug-likeness (QED) is 0.766. The number of aromatic nitrogens is 2. The van der Waals surface area contributed by atoms with Crippen LogP contribution in [0.25, 0.3) is 10.9 Å². The summed E-state index contributed by atoms with van der Waals surface area (Å²) in [6, 6.07) is 15.6. The number of rotatable bonds is 4. The lowest BCUT2D eigenvalue weighted by Gasteiger charge is -2.11. The standard InChI is InChI=1S/C16H16N4O/c1-17-16-19-14-9-4-3-8-13(14)15(20-16)18-11-6-5-7-12(10-11)21-2/h3-10H,1-2H3,(H2,17,18,19,20). The van der Waals surface area contributed by atoms with E-state index in [0.717, 1.165) is 28.2 Å². The first-order chi connectivity index (χ1) is 10.3. The molecule has 5 nitrogen and oxygen atoms in total. The van der Waals surface area contributed by atoms with Gasteiger partial charge in [-0.05, 0) is 24.3 Å². The Balaban J connectivity index is 2.06. The van der Waals surface area contributed by atoms with E-state index < -0.39 is 0 Å². The molecule has 3 rings (SSSR count). The van der Waals surface area contributed by atoms with Crippen molar-refractivity contribution in [1.29, 1.82) is 0 Å². The number of benzene rings is 2. The second kappa shape index (κ2) is 5.66. The number of hydrogen-bond donors (Lipinski definition) is 2. The van der Waals surface area contributed by atoms with Gasteiger partial charge in [0.05, 0.1) is 12.6 Å². The zero-order valence-electron chi connectivity index (χ0n) is 11.9. The first kappa shape index (κ1) is 13.2. The maximum absolute atomic E-state index is 5.24. The topological polar surface area (TPSA) is 59.1 Å². The third-order valence-corrected chi connectivity index (χ3v) is 3.16. The van der Waals surface area contributed by atoms with Gasteiger partial charge in [0, 0.05) is 24.2 Å². The van der Waals surface area contributed by atoms with Gasteiger partial charge >= 0.3 is 0 Å². The molecule has 3 aromatic rings. The maximum atomic E-state index is 5.24. The molecule has 0 aliphatic heterocycles. The van der Waals surface area contributed by atoms with Crippen molar-refractivity contribution in [3.63, 3.8) is 0 Å². The van der Waals surface area contributed by atoms with Crippen molar-refractivity contribution in [2.24, 2.45) is 0 Å². The van der Waals surface area contributed by atoms with Crippen LogP contribution in [0.4, 0.5) is 17.5 Å². The van der Waals surface area contributed by atoms with Crippen molar-refractivity contribution in [1.82, 2.24) is 9.97 Å². The molecule has 1 heterocycles. The Morgan fingerprint density at radius 2 is 1.86 bits per heavy atom. The second-order valence-electron chi connectivity index (χ2n) is 4.52. The zero-order chi connectivity index (χ0) is 14.7. The van der Waals surface area contributed by atoms with Crippen molar-refractivity contribution in [3.8, 4) is 5.75 Å². The minimum absolute atomic E-state index is 0.582. The van der Waals surface area contributed by atoms with Crippen LogP contribution in [-0.4, -0.2) is 24.1 Å². The van der Waals surface area contributed by atoms with E-state index in [1.165, 1.54) is 0 Å². The number of hydrogen-bond acceptors (Lipinski definition) is 5. The highest BCUT2D eigenvalue weighted by Gasteiger charge is 2.07. The molecule has 2 aromatic carbocycles. The summed E-state index contributed by atoms with van der Waals surface area (Å²) < 4.78 is 5.24. The highest BCUT2D eigenvalue weighted by atomic mass is 16.5. The number of anilines is 3. The molecule has 106 valence electrons. The Morgan fingerprint density at radius 3 is 2.67 bits per heavy atom. The lowest BCUT2D eigenvalue weighted by Crippen LogP contribution is -2.02. The molecule has 5 heteroatoms. The summed E-state index contributed by atoms with van der Waals surface area (Å²) >= 11 is 0. The number of para-hydroxylation sites is 1. The molecule has 21 heavy (non-hydrogen) atoms. The summed E-state index contributed by atoms with van der Waals surface area (Å²) in [5.74, 6) is 2.14. The van der Waals surface area contributed by atoms with Gasteiger partial charge < -0.3 is 15.4 Å². The summed E-state index contributed by atoms with van der Waals surface area (Å²) in [4.78, 5) is 8.94. The van der Waals surface area contributed by atoms with Gasteiger partial charge in [0.15, 0.2) is 0 Å². The number of methoxy groups -OCH3 is 1. The fourth-order valence-corrected chi connectivity index (χ4v) is 2.12. The largest absolute Gasteiger partial charge is 0.497 e. The molecule has 0 aliphatic rings. The highest BCUT2D eigenvalue weighted by molar-refractivity contribution is 5.91. The van der Waals surface area contributed by atoms with E-state index in [1.54, 1.807) is 14.2 Å². The predicted molar refractivity (Wildman–Crippen MR) is 85.4 cm³/mol. The maximum Gasteiger partial charge on any atom is 0.224 e. The lowest BCUT2D eigenvalue weighted by atomic mass is 10.2. The summed E-state index contributed by atoms with van der Waals surface area (Å²) in [6.07, 6.45) is 0. The summed E-state index contributed by atoms with van der Waals surface area (Å²) in [7, 11) is 3.46. The van der Waals surface area contributed by atoms with E-state index in [1.807, 2.05) is 48.5 Å². The molecule has 2 N–H and O–H groups in total. The summed E-state index contributed by atoms with van der Waals surface area (Å²) in [6.45, 7) is 0. The van der Waals surface area contributed by atoms with Crippen LogP contribution in [0.15, 0.2) is 48.5 Å². The Hall–Kier alpha value is -2.82. The second-order valence-corrected chi connectivity index (χ2v) is 4.52. The SMILES string of the molecule is CNc1nc(Nc2cccc(OC)c2)c2ccccc2n1. The van der Waals surface area contributed by atoms with Gasteiger partial charge in [-0.2, -0.15) is 4.98 Å². The van der Waals surface area contributed by atoms with Crippen LogP contribution in [0, 0.1) is 0 Å². The Labute approximate surface area is 123 Å². The van der Waals surface area contributed by atoms with Crippen LogP contribution in [0.2, 0.25) is 0 Å². The van der Waals surface area contributed by atoms with Crippen molar-refractivity contribution in [3.05, 3.63) is 48.5 Å². The van der Waals surface area contributed by atoms with Crippen molar-refractivity contribution in [2.75, 3.05) is 24.8 Å². The molecule has 0 aliphatic carbocycles. The van der Waals surface area contributed by atoms with Crippen molar-refractivity contribution >= 4 is 28.4 Å². The van der Waals surface area contributed by atoms with Gasteiger partial charge in [0.1, 0.15) is 11.6 Å². The van der Waals surface area contributed by atoms with Gasteiger partial charge in [-0.1, -0.05) is 18.2 Å². The highest BCUT2D eigenvalue weighted by Crippen LogP contribution is 2.26. The molecule has 0 bridgehead atoms. The van der Waals surface area contributed by atoms with Gasteiger partial charge in [-0.3, -0.25) is 0 Å². The third kappa shape index (κ3) is 2.72. The third-order valence-electron chi connectivity index (χ3n) is 3.16. The van der Waals surface area contributed by atoms with E-state index in [9.17, 15) is 0 Å². The molecule has 0 saturated heterocycles. The van der Waals surface area contributed by atoms with E-state index in [-0.39, 0.29) is 0 Å². The van der Waals surface area contributed by atoms with Crippen LogP contribution >= 0.6 is 0 Å². The first-order valence-corrected chi connectivity index (χ1v) is 6.66. The predicted octanol–water partition coefficient (Wildman–Crippen LogP) is 3.42. The molecule has 0 spiro atoms. The molecule has 1 aromatic heterocycles. The molecule has 0 fully saturated rings. The van der Waals surface area contributed by atoms with E-state index in [0.29, 0.717) is 5.95 Å². The molecule has 0 radical (unpaired) electrons. The van der Waals surface area contributed by atoms with E-state index in [4.69, 9.17) is 4.74 Å². The van der Waals surface area contributed by atoms with E-state index in [2.05, 4.69) is 20.6 Å². The normalized spacial score (nSPS) is 10.4. The number of nitrogens with one attached hydrogen (secondary N) is 2. The van der Waals surface area contributed by atoms with Crippen LogP contribution in [-0.2, 0) is 0 Å². The van der Waals surface area contributed by atoms with E-state index >= 15 is 0 Å². The van der Waals surface area contributed by atoms with Crippen molar-refractivity contribution < 1.29 is 4.74 Å². The summed E-state index contributed by atoms with van der Waals surface area (Å²) in [5, 5.41) is 7.28. The zero-order valence-corrected chi connectivity index (χ0v) is 11.9. The number of nitrogens with zero attached hydrogens (tertiary/aromatic N) is 2. The fraction of sp³-hybridized carbons (Fsp3) is 0.125. The van der Waals surface area contributed by atoms with Gasteiger partial charge in [0.2, 0.25) is 5.95 Å². The van der Waals surface area contributed by atoms with Gasteiger partial charge in [-0.25, -0.2) is 4.98 Å². The van der Waals surface area contributed by atoms with Crippen LogP contribution in [0.1, 0.15) is 0 Å². The number of fused-ring (bicyclic) bond motifs is 1. The minimum atomic E-state index is 0.582. The van der Waals surface area contributed by atoms with Crippen LogP contribution < -0.4 is 15.4 Å². The van der Waals surface area contributed by atoms with Gasteiger partial charge in [-0.15, -0.1) is 0 Å². The fourth-order valence-electron chi connectivity index (χ4n) is 2.12. The molecule has 0 amide bonds. The molecule has 0 unspecified atom stereocenters. The lowest BCUT2D eigenvalue weighted by molar-refractivity contribution is 0.415. The Morgan fingerprint density at radius 1 is 1.00 bits per heavy atom. The van der Waals surface area contributed by atoms with Crippen LogP contribution in [0.5, 0.6) is 5.75 Å². The monoisotopic (exact) mass is 280 g/mol. The first-order valence-electron chi connectivity index (χ1n) is 6.66. The smallest absolute Gasteiger partial charge is 0.224 e. The Kier molecular flexibility index (Phi) is 3.55. The summed E-state index contributed by atoms with van der Waals surface area (Å²) in [5.41, 5.74) is 1.81. The Bertz CT molecular complexity index is 773. The minimum Gasteiger partial charge on any atom is -0.497 e. The number of ether oxygens (including phenoxy) is 1. The average Bonchev–Trinajstić information content (AvgIpc) is 2.55. The van der Waals surface area contributed by atoms with Crippen LogP contribution in [0.3, 0.4) is 0 Å².